The zero-order valence-electron chi connectivity index (χ0n) is 13.9. The van der Waals surface area contributed by atoms with Crippen LogP contribution in [0.5, 0.6) is 0 Å². The van der Waals surface area contributed by atoms with Gasteiger partial charge in [0.1, 0.15) is 0 Å². The number of anilines is 1. The van der Waals surface area contributed by atoms with Crippen molar-refractivity contribution in [2.75, 3.05) is 25.0 Å². The van der Waals surface area contributed by atoms with E-state index in [1.165, 1.54) is 12.1 Å². The molecule has 0 radical (unpaired) electrons. The van der Waals surface area contributed by atoms with Crippen LogP contribution in [-0.4, -0.2) is 30.9 Å². The van der Waals surface area contributed by atoms with Crippen molar-refractivity contribution < 1.29 is 18.0 Å². The Hall–Kier alpha value is -2.50. The highest BCUT2D eigenvalue weighted by Crippen LogP contribution is 2.29. The summed E-state index contributed by atoms with van der Waals surface area (Å²) in [6.07, 6.45) is -4.26. The van der Waals surface area contributed by atoms with Gasteiger partial charge in [-0.1, -0.05) is 30.3 Å². The molecule has 1 amide bonds. The van der Waals surface area contributed by atoms with Crippen LogP contribution >= 0.6 is 0 Å². The van der Waals surface area contributed by atoms with E-state index in [0.717, 1.165) is 29.9 Å². The molecule has 2 aromatic carbocycles. The molecule has 25 heavy (non-hydrogen) atoms. The van der Waals surface area contributed by atoms with Gasteiger partial charge in [0, 0.05) is 32.4 Å². The minimum absolute atomic E-state index is 0.0788. The van der Waals surface area contributed by atoms with Gasteiger partial charge in [0.05, 0.1) is 12.0 Å². The fourth-order valence-electron chi connectivity index (χ4n) is 3.00. The van der Waals surface area contributed by atoms with Gasteiger partial charge in [-0.3, -0.25) is 4.79 Å². The largest absolute Gasteiger partial charge is 0.416 e. The van der Waals surface area contributed by atoms with Gasteiger partial charge in [0.25, 0.3) is 0 Å². The van der Waals surface area contributed by atoms with Crippen LogP contribution in [0.15, 0.2) is 48.5 Å². The molecule has 3 rings (SSSR count). The molecule has 1 aliphatic heterocycles. The standard InChI is InChI=1S/C19H19F3N2O/c1-23-10-11-24(13-15-4-2-3-5-17(15)23)18(25)12-14-6-8-16(9-7-14)19(20,21)22/h2-9H,10-13H2,1H3. The minimum atomic E-state index is -4.36. The second-order valence-corrected chi connectivity index (χ2v) is 6.24. The predicted molar refractivity (Wildman–Crippen MR) is 90.3 cm³/mol. The highest BCUT2D eigenvalue weighted by Gasteiger charge is 2.30. The summed E-state index contributed by atoms with van der Waals surface area (Å²) >= 11 is 0. The monoisotopic (exact) mass is 348 g/mol. The molecule has 0 atom stereocenters. The van der Waals surface area contributed by atoms with E-state index < -0.39 is 11.7 Å². The first kappa shape index (κ1) is 17.3. The minimum Gasteiger partial charge on any atom is -0.373 e. The molecule has 0 unspecified atom stereocenters. The summed E-state index contributed by atoms with van der Waals surface area (Å²) in [4.78, 5) is 16.5. The Kier molecular flexibility index (Phi) is 4.70. The normalized spacial score (nSPS) is 14.9. The maximum absolute atomic E-state index is 12.6. The molecule has 0 spiro atoms. The number of alkyl halides is 3. The van der Waals surface area contributed by atoms with E-state index in [1.807, 2.05) is 31.3 Å². The first-order chi connectivity index (χ1) is 11.8. The van der Waals surface area contributed by atoms with Gasteiger partial charge in [-0.15, -0.1) is 0 Å². The van der Waals surface area contributed by atoms with Crippen molar-refractivity contribution in [1.82, 2.24) is 4.90 Å². The van der Waals surface area contributed by atoms with Crippen LogP contribution in [0, 0.1) is 0 Å². The van der Waals surface area contributed by atoms with E-state index in [-0.39, 0.29) is 12.3 Å². The molecule has 1 aliphatic rings. The Bertz CT molecular complexity index is 756. The quantitative estimate of drug-likeness (QED) is 0.826. The maximum Gasteiger partial charge on any atom is 0.416 e. The lowest BCUT2D eigenvalue weighted by Crippen LogP contribution is -2.35. The zero-order chi connectivity index (χ0) is 18.0. The fraction of sp³-hybridized carbons (Fsp3) is 0.316. The Balaban J connectivity index is 1.71. The topological polar surface area (TPSA) is 23.6 Å². The molecule has 6 heteroatoms. The molecule has 0 aromatic heterocycles. The van der Waals surface area contributed by atoms with Gasteiger partial charge in [0.15, 0.2) is 0 Å². The number of hydrogen-bond donors (Lipinski definition) is 0. The third kappa shape index (κ3) is 3.95. The van der Waals surface area contributed by atoms with Crippen LogP contribution < -0.4 is 4.90 Å². The van der Waals surface area contributed by atoms with Crippen LogP contribution in [0.4, 0.5) is 18.9 Å². The van der Waals surface area contributed by atoms with Crippen LogP contribution in [-0.2, 0) is 23.9 Å². The predicted octanol–water partition coefficient (Wildman–Crippen LogP) is 3.73. The molecule has 1 heterocycles. The van der Waals surface area contributed by atoms with Crippen LogP contribution in [0.3, 0.4) is 0 Å². The number of carbonyl (C=O) groups is 1. The van der Waals surface area contributed by atoms with Crippen molar-refractivity contribution in [2.24, 2.45) is 0 Å². The lowest BCUT2D eigenvalue weighted by atomic mass is 10.1. The first-order valence-corrected chi connectivity index (χ1v) is 8.07. The molecular formula is C19H19F3N2O. The van der Waals surface area contributed by atoms with E-state index in [4.69, 9.17) is 0 Å². The van der Waals surface area contributed by atoms with Crippen LogP contribution in [0.25, 0.3) is 0 Å². The van der Waals surface area contributed by atoms with Gasteiger partial charge in [-0.2, -0.15) is 13.2 Å². The Morgan fingerprint density at radius 1 is 1.04 bits per heavy atom. The fourth-order valence-corrected chi connectivity index (χ4v) is 3.00. The number of rotatable bonds is 2. The summed E-state index contributed by atoms with van der Waals surface area (Å²) in [5.41, 5.74) is 2.06. The molecule has 0 fully saturated rings. The summed E-state index contributed by atoms with van der Waals surface area (Å²) in [7, 11) is 1.99. The summed E-state index contributed by atoms with van der Waals surface area (Å²) in [6.45, 7) is 1.82. The Morgan fingerprint density at radius 3 is 2.40 bits per heavy atom. The highest BCUT2D eigenvalue weighted by molar-refractivity contribution is 5.79. The number of nitrogens with zero attached hydrogens (tertiary/aromatic N) is 2. The molecule has 0 N–H and O–H groups in total. The van der Waals surface area contributed by atoms with E-state index in [0.29, 0.717) is 18.7 Å². The number of halogens is 3. The summed E-state index contributed by atoms with van der Waals surface area (Å²) in [5.74, 6) is -0.0788. The highest BCUT2D eigenvalue weighted by atomic mass is 19.4. The molecule has 2 aromatic rings. The summed E-state index contributed by atoms with van der Waals surface area (Å²) < 4.78 is 37.8. The third-order valence-electron chi connectivity index (χ3n) is 4.46. The van der Waals surface area contributed by atoms with Crippen molar-refractivity contribution in [3.63, 3.8) is 0 Å². The molecule has 132 valence electrons. The lowest BCUT2D eigenvalue weighted by Gasteiger charge is -2.21. The zero-order valence-corrected chi connectivity index (χ0v) is 13.9. The summed E-state index contributed by atoms with van der Waals surface area (Å²) in [6, 6.07) is 12.7. The number of carbonyl (C=O) groups excluding carboxylic acids is 1. The molecule has 0 saturated carbocycles. The second kappa shape index (κ2) is 6.78. The number of benzene rings is 2. The van der Waals surface area contributed by atoms with Crippen molar-refractivity contribution >= 4 is 11.6 Å². The van der Waals surface area contributed by atoms with E-state index in [9.17, 15) is 18.0 Å². The maximum atomic E-state index is 12.6. The van der Waals surface area contributed by atoms with Gasteiger partial charge >= 0.3 is 6.18 Å². The average Bonchev–Trinajstić information content (AvgIpc) is 2.74. The molecule has 0 aliphatic carbocycles. The molecule has 3 nitrogen and oxygen atoms in total. The van der Waals surface area contributed by atoms with Gasteiger partial charge < -0.3 is 9.80 Å². The Labute approximate surface area is 144 Å². The van der Waals surface area contributed by atoms with Crippen LogP contribution in [0.1, 0.15) is 16.7 Å². The lowest BCUT2D eigenvalue weighted by molar-refractivity contribution is -0.137. The van der Waals surface area contributed by atoms with Crippen molar-refractivity contribution in [1.29, 1.82) is 0 Å². The van der Waals surface area contributed by atoms with Crippen molar-refractivity contribution in [2.45, 2.75) is 19.1 Å². The van der Waals surface area contributed by atoms with Gasteiger partial charge in [0.2, 0.25) is 5.91 Å². The molecular weight excluding hydrogens is 329 g/mol. The van der Waals surface area contributed by atoms with Gasteiger partial charge in [-0.25, -0.2) is 0 Å². The third-order valence-corrected chi connectivity index (χ3v) is 4.46. The van der Waals surface area contributed by atoms with Crippen LogP contribution in [0.2, 0.25) is 0 Å². The van der Waals surface area contributed by atoms with Crippen molar-refractivity contribution in [3.8, 4) is 0 Å². The average molecular weight is 348 g/mol. The number of fused-ring (bicyclic) bond motifs is 1. The summed E-state index contributed by atoms with van der Waals surface area (Å²) in [5, 5.41) is 0. The second-order valence-electron chi connectivity index (χ2n) is 6.24. The number of likely N-dealkylation sites (N-methyl/N-ethyl adjacent to an activating group) is 1. The number of amides is 1. The first-order valence-electron chi connectivity index (χ1n) is 8.07. The van der Waals surface area contributed by atoms with Gasteiger partial charge in [-0.05, 0) is 29.3 Å². The molecule has 0 bridgehead atoms. The number of hydrogen-bond acceptors (Lipinski definition) is 2. The molecule has 0 saturated heterocycles. The van der Waals surface area contributed by atoms with E-state index in [2.05, 4.69) is 4.90 Å². The SMILES string of the molecule is CN1CCN(C(=O)Cc2ccc(C(F)(F)F)cc2)Cc2ccccc21. The Morgan fingerprint density at radius 2 is 1.72 bits per heavy atom. The van der Waals surface area contributed by atoms with E-state index in [1.54, 1.807) is 4.90 Å². The number of para-hydroxylation sites is 1. The van der Waals surface area contributed by atoms with Crippen molar-refractivity contribution in [3.05, 3.63) is 65.2 Å². The van der Waals surface area contributed by atoms with E-state index >= 15 is 0 Å². The smallest absolute Gasteiger partial charge is 0.373 e.